The third kappa shape index (κ3) is 69.5. The van der Waals surface area contributed by atoms with E-state index in [9.17, 15) is 43.2 Å². The number of allylic oxidation sites excluding steroid dienone is 8. The molecule has 96 heavy (non-hydrogen) atoms. The number of phosphoric acid groups is 2. The van der Waals surface area contributed by atoms with Crippen LogP contribution in [-0.4, -0.2) is 96.7 Å². The Morgan fingerprint density at radius 3 is 0.854 bits per heavy atom. The number of ether oxygens (including phenoxy) is 4. The smallest absolute Gasteiger partial charge is 0.462 e. The summed E-state index contributed by atoms with van der Waals surface area (Å²) in [6.07, 6.45) is 66.6. The van der Waals surface area contributed by atoms with Crippen molar-refractivity contribution >= 4 is 39.5 Å². The van der Waals surface area contributed by atoms with E-state index in [4.69, 9.17) is 37.0 Å². The Labute approximate surface area is 585 Å². The fourth-order valence-electron chi connectivity index (χ4n) is 10.9. The monoisotopic (exact) mass is 1400 g/mol. The number of esters is 4. The molecule has 0 aliphatic heterocycles. The molecule has 0 spiro atoms. The minimum absolute atomic E-state index is 0.0874. The van der Waals surface area contributed by atoms with E-state index in [-0.39, 0.29) is 25.7 Å². The fraction of sp³-hybridized carbons (Fsp3) is 0.844. The van der Waals surface area contributed by atoms with E-state index >= 15 is 0 Å². The summed E-state index contributed by atoms with van der Waals surface area (Å²) in [6.45, 7) is 4.80. The van der Waals surface area contributed by atoms with Gasteiger partial charge in [0, 0.05) is 25.7 Å². The zero-order valence-electron chi connectivity index (χ0n) is 61.3. The second kappa shape index (κ2) is 70.5. The first-order chi connectivity index (χ1) is 46.7. The Hall–Kier alpha value is -2.98. The van der Waals surface area contributed by atoms with E-state index in [0.29, 0.717) is 25.7 Å². The summed E-state index contributed by atoms with van der Waals surface area (Å²) < 4.78 is 68.5. The van der Waals surface area contributed by atoms with Crippen LogP contribution >= 0.6 is 15.6 Å². The van der Waals surface area contributed by atoms with Crippen LogP contribution in [0.25, 0.3) is 0 Å². The van der Waals surface area contributed by atoms with Crippen LogP contribution in [0.15, 0.2) is 48.6 Å². The molecule has 0 bridgehead atoms. The van der Waals surface area contributed by atoms with Gasteiger partial charge in [-0.1, -0.05) is 301 Å². The van der Waals surface area contributed by atoms with Crippen LogP contribution in [0.2, 0.25) is 0 Å². The van der Waals surface area contributed by atoms with E-state index in [2.05, 4.69) is 76.3 Å². The molecule has 0 aromatic carbocycles. The number of carbonyl (C=O) groups excluding carboxylic acids is 4. The Balaban J connectivity index is 5.29. The molecular weight excluding hydrogens is 1260 g/mol. The Kier molecular flexibility index (Phi) is 68.3. The molecule has 3 N–H and O–H groups in total. The number of unbranched alkanes of at least 4 members (excludes halogenated alkanes) is 40. The van der Waals surface area contributed by atoms with E-state index in [0.717, 1.165) is 148 Å². The minimum atomic E-state index is -4.97. The van der Waals surface area contributed by atoms with Gasteiger partial charge < -0.3 is 33.8 Å². The van der Waals surface area contributed by atoms with Crippen molar-refractivity contribution in [3.8, 4) is 0 Å². The summed E-state index contributed by atoms with van der Waals surface area (Å²) in [7, 11) is -9.93. The van der Waals surface area contributed by atoms with Crippen LogP contribution in [0.4, 0.5) is 0 Å². The van der Waals surface area contributed by atoms with Crippen LogP contribution in [0, 0.1) is 0 Å². The first-order valence-corrected chi connectivity index (χ1v) is 41.9. The summed E-state index contributed by atoms with van der Waals surface area (Å²) in [6, 6.07) is 0. The van der Waals surface area contributed by atoms with Crippen molar-refractivity contribution in [1.29, 1.82) is 0 Å². The van der Waals surface area contributed by atoms with Gasteiger partial charge in [-0.3, -0.25) is 37.3 Å². The largest absolute Gasteiger partial charge is 0.472 e. The first-order valence-electron chi connectivity index (χ1n) is 38.9. The maximum atomic E-state index is 13.1. The Morgan fingerprint density at radius 2 is 0.542 bits per heavy atom. The summed E-state index contributed by atoms with van der Waals surface area (Å²) in [5.41, 5.74) is 0. The zero-order valence-corrected chi connectivity index (χ0v) is 63.1. The van der Waals surface area contributed by atoms with Gasteiger partial charge in [0.05, 0.1) is 26.4 Å². The number of aliphatic hydroxyl groups is 1. The van der Waals surface area contributed by atoms with Crippen molar-refractivity contribution in [1.82, 2.24) is 0 Å². The van der Waals surface area contributed by atoms with Gasteiger partial charge in [0.2, 0.25) is 0 Å². The molecule has 19 heteroatoms. The van der Waals surface area contributed by atoms with Crippen LogP contribution in [0.5, 0.6) is 0 Å². The van der Waals surface area contributed by atoms with E-state index in [1.807, 2.05) is 0 Å². The van der Waals surface area contributed by atoms with Gasteiger partial charge in [0.15, 0.2) is 12.2 Å². The summed E-state index contributed by atoms with van der Waals surface area (Å²) >= 11 is 0. The third-order valence-electron chi connectivity index (χ3n) is 16.8. The number of rotatable bonds is 74. The Morgan fingerprint density at radius 1 is 0.302 bits per heavy atom. The lowest BCUT2D eigenvalue weighted by atomic mass is 10.0. The molecule has 0 rings (SSSR count). The molecule has 0 saturated heterocycles. The number of hydrogen-bond acceptors (Lipinski definition) is 15. The molecule has 0 aliphatic carbocycles. The summed E-state index contributed by atoms with van der Waals surface area (Å²) in [4.78, 5) is 72.8. The third-order valence-corrected chi connectivity index (χ3v) is 18.7. The summed E-state index contributed by atoms with van der Waals surface area (Å²) in [5.74, 6) is -2.15. The molecule has 0 heterocycles. The van der Waals surface area contributed by atoms with Gasteiger partial charge in [-0.2, -0.15) is 0 Å². The normalized spacial score (nSPS) is 14.2. The highest BCUT2D eigenvalue weighted by atomic mass is 31.2. The van der Waals surface area contributed by atoms with Gasteiger partial charge in [-0.25, -0.2) is 9.13 Å². The molecule has 5 unspecified atom stereocenters. The number of phosphoric ester groups is 2. The van der Waals surface area contributed by atoms with Gasteiger partial charge >= 0.3 is 39.5 Å². The molecule has 0 saturated carbocycles. The van der Waals surface area contributed by atoms with Crippen LogP contribution in [-0.2, 0) is 65.4 Å². The maximum absolute atomic E-state index is 13.1. The molecule has 0 aromatic rings. The molecule has 0 amide bonds. The van der Waals surface area contributed by atoms with Gasteiger partial charge in [-0.05, 0) is 83.5 Å². The van der Waals surface area contributed by atoms with Gasteiger partial charge in [-0.15, -0.1) is 0 Å². The predicted molar refractivity (Wildman–Crippen MR) is 390 cm³/mol. The molecule has 0 fully saturated rings. The number of aliphatic hydroxyl groups excluding tert-OH is 1. The van der Waals surface area contributed by atoms with E-state index in [1.54, 1.807) is 0 Å². The average Bonchev–Trinajstić information content (AvgIpc) is 3.12. The van der Waals surface area contributed by atoms with Crippen molar-refractivity contribution in [3.63, 3.8) is 0 Å². The highest BCUT2D eigenvalue weighted by Gasteiger charge is 2.30. The minimum Gasteiger partial charge on any atom is -0.462 e. The van der Waals surface area contributed by atoms with Crippen LogP contribution in [0.1, 0.15) is 362 Å². The zero-order chi connectivity index (χ0) is 70.4. The topological polar surface area (TPSA) is 237 Å². The van der Waals surface area contributed by atoms with Crippen LogP contribution < -0.4 is 0 Å². The van der Waals surface area contributed by atoms with Crippen molar-refractivity contribution < 1.29 is 80.2 Å². The van der Waals surface area contributed by atoms with Crippen molar-refractivity contribution in [3.05, 3.63) is 48.6 Å². The second-order valence-corrected chi connectivity index (χ2v) is 29.2. The first kappa shape index (κ1) is 93.0. The van der Waals surface area contributed by atoms with Gasteiger partial charge in [0.25, 0.3) is 0 Å². The quantitative estimate of drug-likeness (QED) is 0.0169. The van der Waals surface area contributed by atoms with Crippen molar-refractivity contribution in [2.45, 2.75) is 380 Å². The lowest BCUT2D eigenvalue weighted by Gasteiger charge is -2.21. The predicted octanol–water partition coefficient (Wildman–Crippen LogP) is 22.1. The SMILES string of the molecule is CC/C=C\C/C=C\C/C=C\CCCCCCCCCC(=O)OCC(COP(=O)(O)OCC(O)COP(=O)(O)OCC(COC(=O)CCCCCCCCCCCCCCC)OC(=O)CCCCCCCCCCCCCCC)OC(=O)CCCCCCC/C=C\CCCCCC. The number of carbonyl (C=O) groups is 4. The highest BCUT2D eigenvalue weighted by Crippen LogP contribution is 2.45. The second-order valence-electron chi connectivity index (χ2n) is 26.3. The summed E-state index contributed by atoms with van der Waals surface area (Å²) in [5, 5.41) is 10.6. The average molecular weight is 1400 g/mol. The van der Waals surface area contributed by atoms with Gasteiger partial charge in [0.1, 0.15) is 19.3 Å². The maximum Gasteiger partial charge on any atom is 0.472 e. The molecule has 0 radical (unpaired) electrons. The molecule has 17 nitrogen and oxygen atoms in total. The standard InChI is InChI=1S/C77H142O17P2/c1-5-9-13-17-21-25-29-33-34-35-36-40-42-46-50-54-58-62-75(80)88-68-73(94-77(82)64-60-56-52-48-44-39-32-28-24-20-16-12-8-4)70-92-96(85,86)90-66-71(78)65-89-95(83,84)91-69-72(93-76(81)63-59-55-51-47-43-38-31-27-23-19-15-11-7-3)67-87-74(79)61-57-53-49-45-41-37-30-26-22-18-14-10-6-2/h9,13,21,25,28,32-34,71-73,78H,5-8,10-12,14-20,22-24,26-27,29-31,35-70H2,1-4H3,(H,83,84)(H,85,86)/b13-9-,25-21-,32-28-,34-33-. The van der Waals surface area contributed by atoms with E-state index in [1.165, 1.54) is 135 Å². The lowest BCUT2D eigenvalue weighted by molar-refractivity contribution is -0.161. The Bertz CT molecular complexity index is 2010. The molecular formula is C77H142O17P2. The highest BCUT2D eigenvalue weighted by molar-refractivity contribution is 7.47. The fourth-order valence-corrected chi connectivity index (χ4v) is 12.5. The lowest BCUT2D eigenvalue weighted by Crippen LogP contribution is -2.30. The van der Waals surface area contributed by atoms with Crippen LogP contribution in [0.3, 0.4) is 0 Å². The molecule has 562 valence electrons. The number of hydrogen-bond donors (Lipinski definition) is 3. The molecule has 0 aliphatic rings. The molecule has 5 atom stereocenters. The van der Waals surface area contributed by atoms with E-state index < -0.39 is 97.5 Å². The van der Waals surface area contributed by atoms with Crippen molar-refractivity contribution in [2.24, 2.45) is 0 Å². The molecule has 0 aromatic heterocycles. The van der Waals surface area contributed by atoms with Crippen molar-refractivity contribution in [2.75, 3.05) is 39.6 Å².